The van der Waals surface area contributed by atoms with Crippen LogP contribution in [0.5, 0.6) is 11.5 Å². The highest BCUT2D eigenvalue weighted by Crippen LogP contribution is 2.62. The summed E-state index contributed by atoms with van der Waals surface area (Å²) in [5, 5.41) is 14.0. The molecule has 2 aromatic carbocycles. The molecule has 0 radical (unpaired) electrons. The number of hydrogen-bond acceptors (Lipinski definition) is 8. The van der Waals surface area contributed by atoms with Gasteiger partial charge in [0.1, 0.15) is 11.5 Å². The van der Waals surface area contributed by atoms with Crippen molar-refractivity contribution in [3.63, 3.8) is 0 Å². The molecule has 10 heteroatoms. The van der Waals surface area contributed by atoms with Gasteiger partial charge in [0.25, 0.3) is 5.69 Å². The van der Waals surface area contributed by atoms with E-state index in [4.69, 9.17) is 18.5 Å². The summed E-state index contributed by atoms with van der Waals surface area (Å²) >= 11 is 0. The molecule has 2 aromatic rings. The second-order valence-electron chi connectivity index (χ2n) is 5.83. The van der Waals surface area contributed by atoms with Crippen LogP contribution >= 0.6 is 7.60 Å². The molecule has 1 N–H and O–H groups in total. The molecule has 0 aromatic heterocycles. The van der Waals surface area contributed by atoms with Gasteiger partial charge in [-0.05, 0) is 38.1 Å². The Kier molecular flexibility index (Phi) is 8.01. The van der Waals surface area contributed by atoms with Crippen molar-refractivity contribution in [3.05, 3.63) is 58.1 Å². The lowest BCUT2D eigenvalue weighted by Crippen LogP contribution is -2.16. The summed E-state index contributed by atoms with van der Waals surface area (Å²) in [6.07, 6.45) is 0. The van der Waals surface area contributed by atoms with Crippen LogP contribution in [-0.4, -0.2) is 32.4 Å². The normalized spacial score (nSPS) is 12.3. The highest BCUT2D eigenvalue weighted by atomic mass is 31.2. The van der Waals surface area contributed by atoms with E-state index < -0.39 is 18.3 Å². The van der Waals surface area contributed by atoms with Crippen LogP contribution < -0.4 is 14.8 Å². The average Bonchev–Trinajstić information content (AvgIpc) is 2.72. The van der Waals surface area contributed by atoms with Crippen molar-refractivity contribution >= 4 is 19.0 Å². The Bertz CT molecular complexity index is 863. The minimum absolute atomic E-state index is 0.0491. The standard InChI is InChI=1S/C19H25N2O7P/c1-5-27-29(24,28-6-2)19(17-12-11-16(25-3)13-18(17)26-4)20-14-7-9-15(10-8-14)21(22)23/h7-13,19-20H,5-6H2,1-4H3. The molecule has 0 aliphatic heterocycles. The Morgan fingerprint density at radius 2 is 1.66 bits per heavy atom. The number of rotatable bonds is 11. The van der Waals surface area contributed by atoms with Crippen molar-refractivity contribution in [3.8, 4) is 11.5 Å². The predicted molar refractivity (Wildman–Crippen MR) is 110 cm³/mol. The maximum Gasteiger partial charge on any atom is 0.357 e. The van der Waals surface area contributed by atoms with E-state index in [0.717, 1.165) is 0 Å². The third-order valence-electron chi connectivity index (χ3n) is 4.05. The first-order chi connectivity index (χ1) is 13.9. The minimum atomic E-state index is -3.68. The molecule has 1 atom stereocenters. The Balaban J connectivity index is 2.53. The number of ether oxygens (including phenoxy) is 2. The van der Waals surface area contributed by atoms with Gasteiger partial charge in [-0.25, -0.2) is 0 Å². The second kappa shape index (κ2) is 10.2. The van der Waals surface area contributed by atoms with Crippen LogP contribution in [0.4, 0.5) is 11.4 Å². The third-order valence-corrected chi connectivity index (χ3v) is 6.33. The van der Waals surface area contributed by atoms with Gasteiger partial charge >= 0.3 is 7.60 Å². The van der Waals surface area contributed by atoms with Crippen molar-refractivity contribution in [2.45, 2.75) is 19.6 Å². The fourth-order valence-electron chi connectivity index (χ4n) is 2.75. The molecule has 158 valence electrons. The largest absolute Gasteiger partial charge is 0.497 e. The highest BCUT2D eigenvalue weighted by Gasteiger charge is 2.39. The van der Waals surface area contributed by atoms with Crippen LogP contribution in [0.25, 0.3) is 0 Å². The summed E-state index contributed by atoms with van der Waals surface area (Å²) in [6.45, 7) is 3.79. The van der Waals surface area contributed by atoms with E-state index in [9.17, 15) is 14.7 Å². The number of nitrogens with zero attached hydrogens (tertiary/aromatic N) is 1. The van der Waals surface area contributed by atoms with E-state index in [1.165, 1.54) is 38.5 Å². The zero-order valence-corrected chi connectivity index (χ0v) is 17.7. The maximum absolute atomic E-state index is 13.6. The van der Waals surface area contributed by atoms with Crippen LogP contribution in [0, 0.1) is 10.1 Å². The number of nitro benzene ring substituents is 1. The van der Waals surface area contributed by atoms with Gasteiger partial charge in [0.15, 0.2) is 5.78 Å². The number of methoxy groups -OCH3 is 2. The van der Waals surface area contributed by atoms with Crippen molar-refractivity contribution in [1.29, 1.82) is 0 Å². The first-order valence-corrected chi connectivity index (χ1v) is 10.6. The van der Waals surface area contributed by atoms with E-state index in [0.29, 0.717) is 22.7 Å². The van der Waals surface area contributed by atoms with Crippen LogP contribution in [0.3, 0.4) is 0 Å². The molecule has 29 heavy (non-hydrogen) atoms. The SMILES string of the molecule is CCOP(=O)(OCC)C(Nc1ccc([N+](=O)[O-])cc1)c1ccc(OC)cc1OC. The molecule has 0 fully saturated rings. The lowest BCUT2D eigenvalue weighted by Gasteiger charge is -2.29. The summed E-state index contributed by atoms with van der Waals surface area (Å²) in [6, 6.07) is 10.9. The summed E-state index contributed by atoms with van der Waals surface area (Å²) in [4.78, 5) is 10.4. The smallest absolute Gasteiger partial charge is 0.357 e. The number of non-ortho nitro benzene ring substituents is 1. The van der Waals surface area contributed by atoms with Gasteiger partial charge in [0.05, 0.1) is 32.4 Å². The van der Waals surface area contributed by atoms with E-state index >= 15 is 0 Å². The first kappa shape index (κ1) is 22.7. The fraction of sp³-hybridized carbons (Fsp3) is 0.368. The molecule has 0 bridgehead atoms. The molecule has 0 spiro atoms. The molecular formula is C19H25N2O7P. The van der Waals surface area contributed by atoms with E-state index in [1.807, 2.05) is 0 Å². The van der Waals surface area contributed by atoms with Crippen molar-refractivity contribution in [2.75, 3.05) is 32.8 Å². The summed E-state index contributed by atoms with van der Waals surface area (Å²) in [7, 11) is -0.650. The molecule has 2 rings (SSSR count). The number of hydrogen-bond donors (Lipinski definition) is 1. The highest BCUT2D eigenvalue weighted by molar-refractivity contribution is 7.54. The van der Waals surface area contributed by atoms with Gasteiger partial charge in [-0.1, -0.05) is 0 Å². The van der Waals surface area contributed by atoms with E-state index in [1.54, 1.807) is 32.0 Å². The van der Waals surface area contributed by atoms with Crippen LogP contribution in [0.1, 0.15) is 25.2 Å². The third kappa shape index (κ3) is 5.47. The molecule has 0 saturated heterocycles. The zero-order chi connectivity index (χ0) is 21.4. The average molecular weight is 424 g/mol. The van der Waals surface area contributed by atoms with Crippen LogP contribution in [-0.2, 0) is 13.6 Å². The Labute approximate surface area is 169 Å². The topological polar surface area (TPSA) is 109 Å². The number of nitrogens with one attached hydrogen (secondary N) is 1. The van der Waals surface area contributed by atoms with Gasteiger partial charge in [0, 0.05) is 29.4 Å². The number of benzene rings is 2. The van der Waals surface area contributed by atoms with E-state index in [-0.39, 0.29) is 18.9 Å². The molecule has 0 amide bonds. The lowest BCUT2D eigenvalue weighted by atomic mass is 10.1. The quantitative estimate of drug-likeness (QED) is 0.305. The summed E-state index contributed by atoms with van der Waals surface area (Å²) < 4.78 is 35.4. The Morgan fingerprint density at radius 3 is 2.14 bits per heavy atom. The fourth-order valence-corrected chi connectivity index (χ4v) is 4.71. The van der Waals surface area contributed by atoms with Crippen molar-refractivity contribution in [1.82, 2.24) is 0 Å². The molecule has 0 saturated carbocycles. The summed E-state index contributed by atoms with van der Waals surface area (Å²) in [5.74, 6) is 0.0930. The minimum Gasteiger partial charge on any atom is -0.497 e. The molecule has 0 aliphatic rings. The van der Waals surface area contributed by atoms with Crippen LogP contribution in [0.15, 0.2) is 42.5 Å². The molecule has 0 aliphatic carbocycles. The zero-order valence-electron chi connectivity index (χ0n) is 16.8. The van der Waals surface area contributed by atoms with Crippen molar-refractivity contribution < 1.29 is 28.0 Å². The van der Waals surface area contributed by atoms with Gasteiger partial charge in [-0.2, -0.15) is 0 Å². The van der Waals surface area contributed by atoms with Gasteiger partial charge in [-0.15, -0.1) is 0 Å². The van der Waals surface area contributed by atoms with E-state index in [2.05, 4.69) is 5.32 Å². The Hall–Kier alpha value is -2.61. The monoisotopic (exact) mass is 424 g/mol. The number of anilines is 1. The lowest BCUT2D eigenvalue weighted by molar-refractivity contribution is -0.384. The van der Waals surface area contributed by atoms with Gasteiger partial charge in [-0.3, -0.25) is 14.7 Å². The second-order valence-corrected chi connectivity index (χ2v) is 7.95. The van der Waals surface area contributed by atoms with Gasteiger partial charge in [0.2, 0.25) is 0 Å². The maximum atomic E-state index is 13.6. The molecule has 9 nitrogen and oxygen atoms in total. The number of nitro groups is 1. The first-order valence-electron chi connectivity index (χ1n) is 9.00. The molecule has 0 heterocycles. The van der Waals surface area contributed by atoms with Gasteiger partial charge < -0.3 is 23.8 Å². The molecular weight excluding hydrogens is 399 g/mol. The Morgan fingerprint density at radius 1 is 1.03 bits per heavy atom. The predicted octanol–water partition coefficient (Wildman–Crippen LogP) is 4.99. The van der Waals surface area contributed by atoms with Crippen LogP contribution in [0.2, 0.25) is 0 Å². The van der Waals surface area contributed by atoms with Crippen molar-refractivity contribution in [2.24, 2.45) is 0 Å². The summed E-state index contributed by atoms with van der Waals surface area (Å²) in [5.41, 5.74) is 1.00. The molecule has 1 unspecified atom stereocenters.